The second-order valence-corrected chi connectivity index (χ2v) is 4.77. The Bertz CT molecular complexity index is 315. The third kappa shape index (κ3) is 2.86. The molecule has 0 spiro atoms. The highest BCUT2D eigenvalue weighted by atomic mass is 16.3. The van der Waals surface area contributed by atoms with Crippen molar-refractivity contribution in [3.8, 4) is 0 Å². The molecule has 1 fully saturated rings. The second kappa shape index (κ2) is 5.51. The highest BCUT2D eigenvalue weighted by molar-refractivity contribution is 5.14. The van der Waals surface area contributed by atoms with E-state index < -0.39 is 0 Å². The predicted molar refractivity (Wildman–Crippen MR) is 63.1 cm³/mol. The van der Waals surface area contributed by atoms with Crippen LogP contribution < -0.4 is 5.32 Å². The summed E-state index contributed by atoms with van der Waals surface area (Å²) in [5.74, 6) is 1.48. The minimum Gasteiger partial charge on any atom is -0.468 e. The smallest absolute Gasteiger partial charge is 0.120 e. The zero-order chi connectivity index (χ0) is 11.4. The number of hydrogen-bond acceptors (Lipinski definition) is 3. The minimum absolute atomic E-state index is 0.197. The van der Waals surface area contributed by atoms with E-state index in [2.05, 4.69) is 5.32 Å². The molecule has 1 atom stereocenters. The Morgan fingerprint density at radius 3 is 2.88 bits per heavy atom. The lowest BCUT2D eigenvalue weighted by molar-refractivity contribution is 0.108. The Hall–Kier alpha value is -0.800. The van der Waals surface area contributed by atoms with Crippen molar-refractivity contribution in [3.05, 3.63) is 23.7 Å². The van der Waals surface area contributed by atoms with E-state index in [4.69, 9.17) is 4.42 Å². The monoisotopic (exact) mass is 223 g/mol. The molecule has 3 heteroatoms. The average Bonchev–Trinajstić information content (AvgIpc) is 2.90. The van der Waals surface area contributed by atoms with Gasteiger partial charge in [-0.25, -0.2) is 0 Å². The third-order valence-corrected chi connectivity index (χ3v) is 3.55. The van der Waals surface area contributed by atoms with E-state index in [0.717, 1.165) is 5.76 Å². The van der Waals surface area contributed by atoms with Crippen molar-refractivity contribution in [2.45, 2.75) is 45.3 Å². The molecular formula is C13H21NO2. The Labute approximate surface area is 96.8 Å². The van der Waals surface area contributed by atoms with E-state index >= 15 is 0 Å². The number of hydrogen-bond donors (Lipinski definition) is 2. The Morgan fingerprint density at radius 1 is 1.50 bits per heavy atom. The molecule has 0 amide bonds. The number of rotatable bonds is 5. The van der Waals surface area contributed by atoms with Gasteiger partial charge in [-0.15, -0.1) is 0 Å². The molecule has 2 N–H and O–H groups in total. The fourth-order valence-electron chi connectivity index (χ4n) is 2.43. The summed E-state index contributed by atoms with van der Waals surface area (Å²) in [4.78, 5) is 0. The molecule has 16 heavy (non-hydrogen) atoms. The first-order chi connectivity index (χ1) is 7.77. The largest absolute Gasteiger partial charge is 0.468 e. The summed E-state index contributed by atoms with van der Waals surface area (Å²) in [5.41, 5.74) is 1.17. The van der Waals surface area contributed by atoms with Crippen LogP contribution in [0.4, 0.5) is 0 Å². The highest BCUT2D eigenvalue weighted by Crippen LogP contribution is 2.27. The molecule has 1 aromatic rings. The number of nitrogens with one attached hydrogen (secondary N) is 1. The van der Waals surface area contributed by atoms with Crippen LogP contribution in [0.2, 0.25) is 0 Å². The fourth-order valence-corrected chi connectivity index (χ4v) is 2.43. The van der Waals surface area contributed by atoms with Crippen molar-refractivity contribution in [3.63, 3.8) is 0 Å². The molecule has 1 aliphatic rings. The highest BCUT2D eigenvalue weighted by Gasteiger charge is 2.22. The van der Waals surface area contributed by atoms with Gasteiger partial charge in [0.05, 0.1) is 18.9 Å². The molecule has 1 aliphatic carbocycles. The first-order valence-corrected chi connectivity index (χ1v) is 6.19. The van der Waals surface area contributed by atoms with Crippen LogP contribution in [0.5, 0.6) is 0 Å². The summed E-state index contributed by atoms with van der Waals surface area (Å²) in [5, 5.41) is 13.2. The zero-order valence-corrected chi connectivity index (χ0v) is 9.91. The van der Waals surface area contributed by atoms with Gasteiger partial charge in [0.2, 0.25) is 0 Å². The molecular weight excluding hydrogens is 202 g/mol. The van der Waals surface area contributed by atoms with Gasteiger partial charge >= 0.3 is 0 Å². The van der Waals surface area contributed by atoms with Crippen molar-refractivity contribution in [2.24, 2.45) is 5.92 Å². The maximum atomic E-state index is 9.95. The molecule has 1 saturated carbocycles. The molecule has 0 radical (unpaired) electrons. The van der Waals surface area contributed by atoms with E-state index in [1.807, 2.05) is 13.0 Å². The van der Waals surface area contributed by atoms with Crippen molar-refractivity contribution < 1.29 is 9.52 Å². The first kappa shape index (κ1) is 11.7. The lowest BCUT2D eigenvalue weighted by Crippen LogP contribution is -2.31. The van der Waals surface area contributed by atoms with Gasteiger partial charge in [-0.1, -0.05) is 12.8 Å². The molecule has 1 heterocycles. The number of furan rings is 1. The van der Waals surface area contributed by atoms with Crippen molar-refractivity contribution in [1.82, 2.24) is 5.32 Å². The van der Waals surface area contributed by atoms with E-state index in [0.29, 0.717) is 19.0 Å². The molecule has 90 valence electrons. The number of aliphatic hydroxyl groups excluding tert-OH is 1. The molecule has 0 bridgehead atoms. The normalized spacial score (nSPS) is 19.1. The summed E-state index contributed by atoms with van der Waals surface area (Å²) >= 11 is 0. The number of aryl methyl sites for hydroxylation is 1. The molecule has 1 aromatic heterocycles. The predicted octanol–water partition coefficient (Wildman–Crippen LogP) is 2.23. The Balaban J connectivity index is 1.69. The van der Waals surface area contributed by atoms with Crippen LogP contribution in [-0.2, 0) is 6.54 Å². The third-order valence-electron chi connectivity index (χ3n) is 3.55. The van der Waals surface area contributed by atoms with Crippen LogP contribution >= 0.6 is 0 Å². The molecule has 3 nitrogen and oxygen atoms in total. The second-order valence-electron chi connectivity index (χ2n) is 4.77. The first-order valence-electron chi connectivity index (χ1n) is 6.19. The van der Waals surface area contributed by atoms with Gasteiger partial charge in [0.25, 0.3) is 0 Å². The van der Waals surface area contributed by atoms with E-state index in [1.165, 1.54) is 31.2 Å². The lowest BCUT2D eigenvalue weighted by Gasteiger charge is -2.17. The average molecular weight is 223 g/mol. The standard InChI is InChI=1S/C13H21NO2/c1-10-6-7-16-13(10)9-14-8-12(15)11-4-2-3-5-11/h6-7,11-12,14-15H,2-5,8-9H2,1H3. The Kier molecular flexibility index (Phi) is 4.02. The van der Waals surface area contributed by atoms with Gasteiger partial charge in [0.1, 0.15) is 5.76 Å². The topological polar surface area (TPSA) is 45.4 Å². The van der Waals surface area contributed by atoms with Gasteiger partial charge in [0, 0.05) is 6.54 Å². The van der Waals surface area contributed by atoms with Gasteiger partial charge in [0.15, 0.2) is 0 Å². The van der Waals surface area contributed by atoms with Crippen molar-refractivity contribution in [1.29, 1.82) is 0 Å². The van der Waals surface area contributed by atoms with Crippen LogP contribution in [0.25, 0.3) is 0 Å². The van der Waals surface area contributed by atoms with Crippen LogP contribution in [0.1, 0.15) is 37.0 Å². The van der Waals surface area contributed by atoms with E-state index in [1.54, 1.807) is 6.26 Å². The maximum Gasteiger partial charge on any atom is 0.120 e. The van der Waals surface area contributed by atoms with Crippen molar-refractivity contribution in [2.75, 3.05) is 6.54 Å². The molecule has 0 aliphatic heterocycles. The van der Waals surface area contributed by atoms with Gasteiger partial charge < -0.3 is 14.8 Å². The summed E-state index contributed by atoms with van der Waals surface area (Å²) in [6.07, 6.45) is 6.43. The summed E-state index contributed by atoms with van der Waals surface area (Å²) in [6.45, 7) is 3.42. The van der Waals surface area contributed by atoms with Gasteiger partial charge in [-0.3, -0.25) is 0 Å². The molecule has 0 saturated heterocycles. The fraction of sp³-hybridized carbons (Fsp3) is 0.692. The number of aliphatic hydroxyl groups is 1. The van der Waals surface area contributed by atoms with Crippen LogP contribution in [-0.4, -0.2) is 17.8 Å². The minimum atomic E-state index is -0.197. The lowest BCUT2D eigenvalue weighted by atomic mass is 10.0. The molecule has 1 unspecified atom stereocenters. The molecule has 0 aromatic carbocycles. The molecule has 2 rings (SSSR count). The van der Waals surface area contributed by atoms with Crippen LogP contribution in [0.15, 0.2) is 16.7 Å². The van der Waals surface area contributed by atoms with Crippen LogP contribution in [0.3, 0.4) is 0 Å². The quantitative estimate of drug-likeness (QED) is 0.804. The van der Waals surface area contributed by atoms with E-state index in [9.17, 15) is 5.11 Å². The summed E-state index contributed by atoms with van der Waals surface area (Å²) in [7, 11) is 0. The summed E-state index contributed by atoms with van der Waals surface area (Å²) < 4.78 is 5.33. The van der Waals surface area contributed by atoms with Gasteiger partial charge in [-0.05, 0) is 37.3 Å². The van der Waals surface area contributed by atoms with Gasteiger partial charge in [-0.2, -0.15) is 0 Å². The Morgan fingerprint density at radius 2 is 2.25 bits per heavy atom. The SMILES string of the molecule is Cc1ccoc1CNCC(O)C1CCCC1. The van der Waals surface area contributed by atoms with E-state index in [-0.39, 0.29) is 6.10 Å². The maximum absolute atomic E-state index is 9.95. The van der Waals surface area contributed by atoms with Crippen molar-refractivity contribution >= 4 is 0 Å². The summed E-state index contributed by atoms with van der Waals surface area (Å²) in [6, 6.07) is 1.96. The zero-order valence-electron chi connectivity index (χ0n) is 9.91. The van der Waals surface area contributed by atoms with Crippen LogP contribution in [0, 0.1) is 12.8 Å².